The number of nitrogens with one attached hydrogen (secondary N) is 1. The summed E-state index contributed by atoms with van der Waals surface area (Å²) in [7, 11) is 0. The molecule has 0 aromatic heterocycles. The quantitative estimate of drug-likeness (QED) is 0.749. The SMILES string of the molecule is Cc1ccc(/C=C/C(=O)NC(C)c2ccc(N3CCCC(C)C3)cc2)cc1. The smallest absolute Gasteiger partial charge is 0.244 e. The zero-order valence-electron chi connectivity index (χ0n) is 16.6. The van der Waals surface area contributed by atoms with Crippen molar-refractivity contribution in [3.63, 3.8) is 0 Å². The van der Waals surface area contributed by atoms with Gasteiger partial charge in [0, 0.05) is 24.9 Å². The first kappa shape index (κ1) is 19.2. The minimum Gasteiger partial charge on any atom is -0.371 e. The number of aryl methyl sites for hydroxylation is 1. The molecule has 142 valence electrons. The van der Waals surface area contributed by atoms with E-state index in [-0.39, 0.29) is 11.9 Å². The molecule has 1 aliphatic heterocycles. The molecule has 0 bridgehead atoms. The standard InChI is InChI=1S/C24H30N2O/c1-18-6-8-21(9-7-18)10-15-24(27)25-20(3)22-11-13-23(14-12-22)26-16-4-5-19(2)17-26/h6-15,19-20H,4-5,16-17H2,1-3H3,(H,25,27)/b15-10+. The second-order valence-corrected chi connectivity index (χ2v) is 7.76. The third-order valence-electron chi connectivity index (χ3n) is 5.28. The molecule has 2 atom stereocenters. The average molecular weight is 363 g/mol. The van der Waals surface area contributed by atoms with Crippen LogP contribution in [0.15, 0.2) is 54.6 Å². The zero-order chi connectivity index (χ0) is 19.2. The second kappa shape index (κ2) is 8.90. The normalized spacial score (nSPS) is 18.5. The van der Waals surface area contributed by atoms with E-state index in [1.807, 2.05) is 37.3 Å². The van der Waals surface area contributed by atoms with Gasteiger partial charge in [-0.15, -0.1) is 0 Å². The number of hydrogen-bond acceptors (Lipinski definition) is 2. The fraction of sp³-hybridized carbons (Fsp3) is 0.375. The molecule has 3 rings (SSSR count). The Morgan fingerprint density at radius 2 is 1.85 bits per heavy atom. The van der Waals surface area contributed by atoms with Crippen LogP contribution in [0.25, 0.3) is 6.08 Å². The number of hydrogen-bond donors (Lipinski definition) is 1. The van der Waals surface area contributed by atoms with Gasteiger partial charge >= 0.3 is 0 Å². The summed E-state index contributed by atoms with van der Waals surface area (Å²) in [4.78, 5) is 14.7. The molecule has 1 fully saturated rings. The summed E-state index contributed by atoms with van der Waals surface area (Å²) in [6.45, 7) is 8.67. The first-order valence-electron chi connectivity index (χ1n) is 9.91. The summed E-state index contributed by atoms with van der Waals surface area (Å²) in [5, 5.41) is 3.04. The van der Waals surface area contributed by atoms with Gasteiger partial charge in [-0.3, -0.25) is 4.79 Å². The minimum absolute atomic E-state index is 0.0190. The Kier molecular flexibility index (Phi) is 6.33. The van der Waals surface area contributed by atoms with E-state index in [2.05, 4.69) is 48.3 Å². The number of benzene rings is 2. The first-order valence-corrected chi connectivity index (χ1v) is 9.91. The summed E-state index contributed by atoms with van der Waals surface area (Å²) in [6, 6.07) is 16.7. The van der Waals surface area contributed by atoms with Crippen LogP contribution in [-0.2, 0) is 4.79 Å². The van der Waals surface area contributed by atoms with Gasteiger partial charge in [0.05, 0.1) is 6.04 Å². The molecule has 3 nitrogen and oxygen atoms in total. The molecular weight excluding hydrogens is 332 g/mol. The fourth-order valence-corrected chi connectivity index (χ4v) is 3.59. The highest BCUT2D eigenvalue weighted by Crippen LogP contribution is 2.24. The molecule has 1 heterocycles. The van der Waals surface area contributed by atoms with Crippen LogP contribution in [0.3, 0.4) is 0 Å². The van der Waals surface area contributed by atoms with Crippen molar-refractivity contribution < 1.29 is 4.79 Å². The first-order chi connectivity index (χ1) is 13.0. The van der Waals surface area contributed by atoms with Crippen molar-refractivity contribution in [3.05, 3.63) is 71.3 Å². The Hall–Kier alpha value is -2.55. The van der Waals surface area contributed by atoms with E-state index in [1.165, 1.54) is 24.1 Å². The van der Waals surface area contributed by atoms with Crippen LogP contribution in [0, 0.1) is 12.8 Å². The van der Waals surface area contributed by atoms with Crippen molar-refractivity contribution in [2.75, 3.05) is 18.0 Å². The van der Waals surface area contributed by atoms with E-state index in [0.29, 0.717) is 0 Å². The van der Waals surface area contributed by atoms with Crippen LogP contribution >= 0.6 is 0 Å². The number of piperidine rings is 1. The highest BCUT2D eigenvalue weighted by Gasteiger charge is 2.17. The van der Waals surface area contributed by atoms with Gasteiger partial charge in [0.25, 0.3) is 0 Å². The maximum Gasteiger partial charge on any atom is 0.244 e. The maximum atomic E-state index is 12.2. The largest absolute Gasteiger partial charge is 0.371 e. The van der Waals surface area contributed by atoms with E-state index in [9.17, 15) is 4.79 Å². The number of carbonyl (C=O) groups is 1. The lowest BCUT2D eigenvalue weighted by molar-refractivity contribution is -0.117. The topological polar surface area (TPSA) is 32.3 Å². The van der Waals surface area contributed by atoms with E-state index in [4.69, 9.17) is 0 Å². The zero-order valence-corrected chi connectivity index (χ0v) is 16.6. The van der Waals surface area contributed by atoms with Crippen molar-refractivity contribution in [2.45, 2.75) is 39.7 Å². The Labute approximate surface area is 163 Å². The van der Waals surface area contributed by atoms with Crippen molar-refractivity contribution in [2.24, 2.45) is 5.92 Å². The molecule has 0 saturated carbocycles. The van der Waals surface area contributed by atoms with E-state index in [1.54, 1.807) is 6.08 Å². The predicted octanol–water partition coefficient (Wildman–Crippen LogP) is 5.12. The third kappa shape index (κ3) is 5.46. The van der Waals surface area contributed by atoms with Gasteiger partial charge in [0.15, 0.2) is 0 Å². The van der Waals surface area contributed by atoms with Crippen molar-refractivity contribution in [1.82, 2.24) is 5.32 Å². The maximum absolute atomic E-state index is 12.2. The van der Waals surface area contributed by atoms with Crippen molar-refractivity contribution in [1.29, 1.82) is 0 Å². The van der Waals surface area contributed by atoms with Gasteiger partial charge in [0.1, 0.15) is 0 Å². The monoisotopic (exact) mass is 362 g/mol. The molecular formula is C24H30N2O. The molecule has 1 saturated heterocycles. The Morgan fingerprint density at radius 3 is 2.52 bits per heavy atom. The molecule has 2 aromatic rings. The molecule has 0 spiro atoms. The van der Waals surface area contributed by atoms with E-state index in [0.717, 1.165) is 30.1 Å². The van der Waals surface area contributed by atoms with Crippen molar-refractivity contribution >= 4 is 17.7 Å². The molecule has 1 amide bonds. The molecule has 0 radical (unpaired) electrons. The Balaban J connectivity index is 1.56. The Bertz CT molecular complexity index is 777. The van der Waals surface area contributed by atoms with Gasteiger partial charge in [0.2, 0.25) is 5.91 Å². The van der Waals surface area contributed by atoms with E-state index < -0.39 is 0 Å². The molecule has 2 aromatic carbocycles. The molecule has 1 N–H and O–H groups in total. The van der Waals surface area contributed by atoms with Crippen LogP contribution < -0.4 is 10.2 Å². The fourth-order valence-electron chi connectivity index (χ4n) is 3.59. The van der Waals surface area contributed by atoms with Crippen LogP contribution in [0.2, 0.25) is 0 Å². The van der Waals surface area contributed by atoms with Crippen LogP contribution in [0.4, 0.5) is 5.69 Å². The number of anilines is 1. The summed E-state index contributed by atoms with van der Waals surface area (Å²) in [5.41, 5.74) is 4.65. The highest BCUT2D eigenvalue weighted by molar-refractivity contribution is 5.91. The summed E-state index contributed by atoms with van der Waals surface area (Å²) in [6.07, 6.45) is 6.04. The molecule has 3 heteroatoms. The lowest BCUT2D eigenvalue weighted by Gasteiger charge is -2.33. The van der Waals surface area contributed by atoms with Gasteiger partial charge in [-0.05, 0) is 61.9 Å². The summed E-state index contributed by atoms with van der Waals surface area (Å²) >= 11 is 0. The summed E-state index contributed by atoms with van der Waals surface area (Å²) in [5.74, 6) is 0.689. The molecule has 2 unspecified atom stereocenters. The Morgan fingerprint density at radius 1 is 1.15 bits per heavy atom. The average Bonchev–Trinajstić information content (AvgIpc) is 2.67. The number of rotatable bonds is 5. The second-order valence-electron chi connectivity index (χ2n) is 7.76. The van der Waals surface area contributed by atoms with Gasteiger partial charge in [-0.2, -0.15) is 0 Å². The molecule has 1 aliphatic rings. The van der Waals surface area contributed by atoms with Gasteiger partial charge in [-0.25, -0.2) is 0 Å². The minimum atomic E-state index is -0.0722. The highest BCUT2D eigenvalue weighted by atomic mass is 16.1. The number of carbonyl (C=O) groups excluding carboxylic acids is 1. The van der Waals surface area contributed by atoms with Gasteiger partial charge < -0.3 is 10.2 Å². The molecule has 0 aliphatic carbocycles. The van der Waals surface area contributed by atoms with Crippen LogP contribution in [0.5, 0.6) is 0 Å². The molecule has 27 heavy (non-hydrogen) atoms. The van der Waals surface area contributed by atoms with Crippen LogP contribution in [-0.4, -0.2) is 19.0 Å². The lowest BCUT2D eigenvalue weighted by atomic mass is 9.99. The lowest BCUT2D eigenvalue weighted by Crippen LogP contribution is -2.34. The van der Waals surface area contributed by atoms with E-state index >= 15 is 0 Å². The summed E-state index contributed by atoms with van der Waals surface area (Å²) < 4.78 is 0. The van der Waals surface area contributed by atoms with Crippen LogP contribution in [0.1, 0.15) is 49.4 Å². The number of nitrogens with zero attached hydrogens (tertiary/aromatic N) is 1. The predicted molar refractivity (Wildman–Crippen MR) is 114 cm³/mol. The number of amides is 1. The third-order valence-corrected chi connectivity index (χ3v) is 5.28. The van der Waals surface area contributed by atoms with Crippen molar-refractivity contribution in [3.8, 4) is 0 Å². The van der Waals surface area contributed by atoms with Gasteiger partial charge in [-0.1, -0.05) is 48.9 Å².